The van der Waals surface area contributed by atoms with E-state index in [4.69, 9.17) is 11.6 Å². The van der Waals surface area contributed by atoms with Crippen molar-refractivity contribution < 1.29 is 5.11 Å². The Morgan fingerprint density at radius 2 is 1.85 bits per heavy atom. The number of aliphatic hydroxyl groups excluding tert-OH is 1. The SMILES string of the molecule is CCN(Cc1ccccc1C)c1ccc(CO)c(Cl)c1. The third-order valence-electron chi connectivity index (χ3n) is 3.58. The lowest BCUT2D eigenvalue weighted by Gasteiger charge is -2.24. The number of aryl methyl sites for hydroxylation is 1. The van der Waals surface area contributed by atoms with Crippen LogP contribution in [0.1, 0.15) is 23.6 Å². The van der Waals surface area contributed by atoms with Crippen molar-refractivity contribution in [1.82, 2.24) is 0 Å². The first-order valence-electron chi connectivity index (χ1n) is 6.84. The van der Waals surface area contributed by atoms with Gasteiger partial charge in [0.25, 0.3) is 0 Å². The van der Waals surface area contributed by atoms with Gasteiger partial charge in [-0.15, -0.1) is 0 Å². The Bertz CT molecular complexity index is 583. The molecule has 0 aliphatic carbocycles. The van der Waals surface area contributed by atoms with Crippen LogP contribution in [0.3, 0.4) is 0 Å². The first-order valence-corrected chi connectivity index (χ1v) is 7.22. The van der Waals surface area contributed by atoms with Gasteiger partial charge in [0.15, 0.2) is 0 Å². The van der Waals surface area contributed by atoms with Gasteiger partial charge in [-0.1, -0.05) is 41.9 Å². The minimum absolute atomic E-state index is 0.0248. The molecule has 0 unspecified atom stereocenters. The molecule has 2 aromatic carbocycles. The summed E-state index contributed by atoms with van der Waals surface area (Å²) < 4.78 is 0. The first kappa shape index (κ1) is 14.9. The van der Waals surface area contributed by atoms with E-state index in [2.05, 4.69) is 43.0 Å². The highest BCUT2D eigenvalue weighted by Gasteiger charge is 2.09. The van der Waals surface area contributed by atoms with Gasteiger partial charge >= 0.3 is 0 Å². The molecule has 0 atom stereocenters. The lowest BCUT2D eigenvalue weighted by atomic mass is 10.1. The molecule has 0 aliphatic heterocycles. The monoisotopic (exact) mass is 289 g/mol. The van der Waals surface area contributed by atoms with Crippen LogP contribution in [0.15, 0.2) is 42.5 Å². The number of halogens is 1. The van der Waals surface area contributed by atoms with Crippen LogP contribution in [0.25, 0.3) is 0 Å². The summed E-state index contributed by atoms with van der Waals surface area (Å²) in [6, 6.07) is 14.2. The molecule has 0 saturated heterocycles. The van der Waals surface area contributed by atoms with E-state index in [1.165, 1.54) is 11.1 Å². The molecule has 0 saturated carbocycles. The molecule has 1 N–H and O–H groups in total. The molecular formula is C17H20ClNO. The van der Waals surface area contributed by atoms with Gasteiger partial charge in [-0.2, -0.15) is 0 Å². The predicted octanol–water partition coefficient (Wildman–Crippen LogP) is 4.17. The summed E-state index contributed by atoms with van der Waals surface area (Å²) in [5, 5.41) is 9.80. The molecule has 0 aliphatic rings. The molecule has 2 nitrogen and oxygen atoms in total. The number of aliphatic hydroxyl groups is 1. The van der Waals surface area contributed by atoms with Crippen molar-refractivity contribution in [3.8, 4) is 0 Å². The van der Waals surface area contributed by atoms with Crippen molar-refractivity contribution in [3.05, 3.63) is 64.2 Å². The van der Waals surface area contributed by atoms with Crippen LogP contribution in [0.4, 0.5) is 5.69 Å². The standard InChI is InChI=1S/C17H20ClNO/c1-3-19(11-14-7-5-4-6-13(14)2)16-9-8-15(12-20)17(18)10-16/h4-10,20H,3,11-12H2,1-2H3. The van der Waals surface area contributed by atoms with Crippen molar-refractivity contribution >= 4 is 17.3 Å². The van der Waals surface area contributed by atoms with E-state index in [0.717, 1.165) is 24.3 Å². The average molecular weight is 290 g/mol. The Kier molecular flexibility index (Phi) is 5.05. The van der Waals surface area contributed by atoms with Gasteiger partial charge in [0.1, 0.15) is 0 Å². The highest BCUT2D eigenvalue weighted by molar-refractivity contribution is 6.31. The summed E-state index contributed by atoms with van der Waals surface area (Å²) in [6.45, 7) is 6.00. The molecule has 2 aromatic rings. The van der Waals surface area contributed by atoms with E-state index in [1.807, 2.05) is 18.2 Å². The van der Waals surface area contributed by atoms with Crippen molar-refractivity contribution in [3.63, 3.8) is 0 Å². The Labute approximate surface area is 125 Å². The number of hydrogen-bond acceptors (Lipinski definition) is 2. The fourth-order valence-corrected chi connectivity index (χ4v) is 2.47. The van der Waals surface area contributed by atoms with Crippen molar-refractivity contribution in [1.29, 1.82) is 0 Å². The Balaban J connectivity index is 2.24. The molecule has 0 amide bonds. The lowest BCUT2D eigenvalue weighted by Crippen LogP contribution is -2.22. The normalized spacial score (nSPS) is 10.6. The van der Waals surface area contributed by atoms with E-state index in [1.54, 1.807) is 0 Å². The lowest BCUT2D eigenvalue weighted by molar-refractivity contribution is 0.282. The average Bonchev–Trinajstić information content (AvgIpc) is 2.46. The van der Waals surface area contributed by atoms with Crippen LogP contribution in [0, 0.1) is 6.92 Å². The number of benzene rings is 2. The second-order valence-corrected chi connectivity index (χ2v) is 5.28. The van der Waals surface area contributed by atoms with Crippen LogP contribution in [0.2, 0.25) is 5.02 Å². The van der Waals surface area contributed by atoms with Gasteiger partial charge in [0.05, 0.1) is 6.61 Å². The van der Waals surface area contributed by atoms with Gasteiger partial charge in [-0.3, -0.25) is 0 Å². The molecule has 0 radical (unpaired) electrons. The van der Waals surface area contributed by atoms with E-state index in [9.17, 15) is 5.11 Å². The third kappa shape index (κ3) is 3.33. The van der Waals surface area contributed by atoms with Crippen molar-refractivity contribution in [2.75, 3.05) is 11.4 Å². The van der Waals surface area contributed by atoms with Crippen LogP contribution in [-0.4, -0.2) is 11.7 Å². The van der Waals surface area contributed by atoms with E-state index in [-0.39, 0.29) is 6.61 Å². The summed E-state index contributed by atoms with van der Waals surface area (Å²) in [7, 11) is 0. The maximum atomic E-state index is 9.18. The Morgan fingerprint density at radius 1 is 1.10 bits per heavy atom. The second-order valence-electron chi connectivity index (χ2n) is 4.87. The van der Waals surface area contributed by atoms with Crippen molar-refractivity contribution in [2.24, 2.45) is 0 Å². The van der Waals surface area contributed by atoms with Gasteiger partial charge < -0.3 is 10.0 Å². The zero-order valence-corrected chi connectivity index (χ0v) is 12.7. The molecule has 2 rings (SSSR count). The molecule has 0 aromatic heterocycles. The molecule has 20 heavy (non-hydrogen) atoms. The summed E-state index contributed by atoms with van der Waals surface area (Å²) in [5.41, 5.74) is 4.46. The van der Waals surface area contributed by atoms with E-state index in [0.29, 0.717) is 5.02 Å². The van der Waals surface area contributed by atoms with E-state index >= 15 is 0 Å². The van der Waals surface area contributed by atoms with Gasteiger partial charge in [-0.25, -0.2) is 0 Å². The predicted molar refractivity (Wildman–Crippen MR) is 85.3 cm³/mol. The van der Waals surface area contributed by atoms with Gasteiger partial charge in [0, 0.05) is 23.8 Å². The molecule has 0 heterocycles. The van der Waals surface area contributed by atoms with Crippen LogP contribution >= 0.6 is 11.6 Å². The highest BCUT2D eigenvalue weighted by Crippen LogP contribution is 2.25. The van der Waals surface area contributed by atoms with Gasteiger partial charge in [0.2, 0.25) is 0 Å². The highest BCUT2D eigenvalue weighted by atomic mass is 35.5. The summed E-state index contributed by atoms with van der Waals surface area (Å²) in [6.07, 6.45) is 0. The number of nitrogens with zero attached hydrogens (tertiary/aromatic N) is 1. The second kappa shape index (κ2) is 6.78. The fourth-order valence-electron chi connectivity index (χ4n) is 2.24. The molecule has 0 spiro atoms. The zero-order valence-electron chi connectivity index (χ0n) is 11.9. The molecule has 3 heteroatoms. The fraction of sp³-hybridized carbons (Fsp3) is 0.294. The molecular weight excluding hydrogens is 270 g/mol. The molecule has 106 valence electrons. The molecule has 0 bridgehead atoms. The quantitative estimate of drug-likeness (QED) is 0.893. The molecule has 0 fully saturated rings. The minimum Gasteiger partial charge on any atom is -0.392 e. The topological polar surface area (TPSA) is 23.5 Å². The zero-order chi connectivity index (χ0) is 14.5. The number of rotatable bonds is 5. The smallest absolute Gasteiger partial charge is 0.0696 e. The van der Waals surface area contributed by atoms with Gasteiger partial charge in [-0.05, 0) is 42.7 Å². The van der Waals surface area contributed by atoms with E-state index < -0.39 is 0 Å². The maximum Gasteiger partial charge on any atom is 0.0696 e. The van der Waals surface area contributed by atoms with Crippen LogP contribution < -0.4 is 4.90 Å². The minimum atomic E-state index is -0.0248. The Morgan fingerprint density at radius 3 is 2.45 bits per heavy atom. The largest absolute Gasteiger partial charge is 0.392 e. The van der Waals surface area contributed by atoms with Crippen molar-refractivity contribution in [2.45, 2.75) is 27.0 Å². The number of anilines is 1. The van der Waals surface area contributed by atoms with Crippen LogP contribution in [0.5, 0.6) is 0 Å². The summed E-state index contributed by atoms with van der Waals surface area (Å²) in [4.78, 5) is 2.27. The van der Waals surface area contributed by atoms with Crippen LogP contribution in [-0.2, 0) is 13.2 Å². The summed E-state index contributed by atoms with van der Waals surface area (Å²) in [5.74, 6) is 0. The Hall–Kier alpha value is -1.51. The third-order valence-corrected chi connectivity index (χ3v) is 3.93. The maximum absolute atomic E-state index is 9.18. The summed E-state index contributed by atoms with van der Waals surface area (Å²) >= 11 is 6.18. The number of hydrogen-bond donors (Lipinski definition) is 1. The first-order chi connectivity index (χ1) is 9.65.